The minimum absolute atomic E-state index is 0. The van der Waals surface area contributed by atoms with Crippen molar-refractivity contribution >= 4 is 61.6 Å². The van der Waals surface area contributed by atoms with Gasteiger partial charge in [-0.1, -0.05) is 12.8 Å². The summed E-state index contributed by atoms with van der Waals surface area (Å²) in [5, 5.41) is 45.7. The molecule has 0 aromatic rings. The number of hydrogen-bond acceptors (Lipinski definition) is 8. The van der Waals surface area contributed by atoms with Crippen molar-refractivity contribution in [2.75, 3.05) is 0 Å². The minimum Gasteiger partial charge on any atom is -1.00 e. The van der Waals surface area contributed by atoms with Crippen LogP contribution in [-0.4, -0.2) is 128 Å². The van der Waals surface area contributed by atoms with Crippen molar-refractivity contribution in [3.8, 4) is 0 Å². The van der Waals surface area contributed by atoms with Gasteiger partial charge in [0.05, 0.1) is 24.0 Å². The molecule has 4 aliphatic rings. The fourth-order valence-corrected chi connectivity index (χ4v) is 9.05. The Kier molecular flexibility index (Phi) is 13.9. The number of aliphatic carboxylic acids is 4. The second-order valence-corrected chi connectivity index (χ2v) is 16.7. The molecule has 12 nitrogen and oxygen atoms in total. The largest absolute Gasteiger partial charge is 2.00 e. The smallest absolute Gasteiger partial charge is 1.00 e. The van der Waals surface area contributed by atoms with E-state index >= 15 is 0 Å². The summed E-state index contributed by atoms with van der Waals surface area (Å²) in [5.41, 5.74) is -3.92. The van der Waals surface area contributed by atoms with E-state index < -0.39 is 46.9 Å². The minimum atomic E-state index is -1.60. The molecular formula is C34H60CaN2O10. The van der Waals surface area contributed by atoms with Gasteiger partial charge in [-0.15, -0.1) is 0 Å². The SMILES string of the molecule is CC1(C)CC(OC2(C(=O)O)CCCCC2C(=O)O)CC(C)(C)N1.CC1(C)CC(OC2(C(=O)O)CCCCC2C(=O)O)CC(C)(C)N1.[Ca+2].[H-].[H-]. The first kappa shape index (κ1) is 42.1. The third-order valence-electron chi connectivity index (χ3n) is 10.1. The van der Waals surface area contributed by atoms with E-state index in [2.05, 4.69) is 66.0 Å². The van der Waals surface area contributed by atoms with Gasteiger partial charge in [-0.05, 0) is 120 Å². The molecule has 0 aromatic carbocycles. The first-order valence-electron chi connectivity index (χ1n) is 16.8. The molecule has 4 fully saturated rings. The van der Waals surface area contributed by atoms with Gasteiger partial charge in [-0.2, -0.15) is 0 Å². The summed E-state index contributed by atoms with van der Waals surface area (Å²) in [6, 6.07) is 0. The van der Waals surface area contributed by atoms with E-state index in [-0.39, 0.29) is 87.8 Å². The number of carboxylic acids is 4. The number of nitrogens with one attached hydrogen (secondary N) is 2. The molecule has 4 atom stereocenters. The molecule has 268 valence electrons. The fourth-order valence-electron chi connectivity index (χ4n) is 9.05. The molecule has 0 radical (unpaired) electrons. The van der Waals surface area contributed by atoms with Crippen LogP contribution in [0.25, 0.3) is 0 Å². The second kappa shape index (κ2) is 15.5. The molecule has 0 spiro atoms. The summed E-state index contributed by atoms with van der Waals surface area (Å²) in [7, 11) is 0. The van der Waals surface area contributed by atoms with Crippen molar-refractivity contribution in [2.45, 2.75) is 178 Å². The van der Waals surface area contributed by atoms with Crippen molar-refractivity contribution in [3.05, 3.63) is 0 Å². The Bertz CT molecular complexity index is 1050. The molecule has 4 unspecified atom stereocenters. The molecule has 47 heavy (non-hydrogen) atoms. The molecule has 2 aliphatic heterocycles. The molecule has 0 amide bonds. The van der Waals surface area contributed by atoms with Crippen LogP contribution in [0.15, 0.2) is 0 Å². The average Bonchev–Trinajstić information content (AvgIpc) is 2.85. The van der Waals surface area contributed by atoms with Crippen molar-refractivity contribution in [1.82, 2.24) is 10.6 Å². The van der Waals surface area contributed by atoms with Gasteiger partial charge in [0.15, 0.2) is 11.2 Å². The molecule has 2 aliphatic carbocycles. The normalized spacial score (nSPS) is 33.3. The zero-order valence-corrected chi connectivity index (χ0v) is 31.9. The zero-order chi connectivity index (χ0) is 34.9. The topological polar surface area (TPSA) is 192 Å². The number of piperidine rings is 2. The standard InChI is InChI=1S/2C17H29NO5.Ca.2H/c2*1-15(2)9-11(10-16(3,4)18-15)23-17(14(21)22)8-6-5-7-12(17)13(19)20;;;/h2*11-12,18H,5-10H2,1-4H3,(H,19,20)(H,21,22);;;/q;;+2;2*-1. The van der Waals surface area contributed by atoms with Crippen molar-refractivity contribution in [1.29, 1.82) is 0 Å². The number of carbonyl (C=O) groups is 4. The van der Waals surface area contributed by atoms with Gasteiger partial charge >= 0.3 is 61.6 Å². The molecule has 0 aromatic heterocycles. The van der Waals surface area contributed by atoms with Gasteiger partial charge in [0.2, 0.25) is 0 Å². The van der Waals surface area contributed by atoms with Crippen LogP contribution in [0.4, 0.5) is 0 Å². The first-order valence-corrected chi connectivity index (χ1v) is 16.8. The summed E-state index contributed by atoms with van der Waals surface area (Å²) in [6.07, 6.45) is 6.23. The summed E-state index contributed by atoms with van der Waals surface area (Å²) in [4.78, 5) is 47.2. The number of rotatable bonds is 8. The quantitative estimate of drug-likeness (QED) is 0.193. The molecule has 4 rings (SSSR count). The molecule has 2 saturated carbocycles. The molecule has 2 saturated heterocycles. The van der Waals surface area contributed by atoms with Gasteiger partial charge in [0, 0.05) is 22.2 Å². The number of hydrogen-bond donors (Lipinski definition) is 6. The second-order valence-electron chi connectivity index (χ2n) is 16.7. The monoisotopic (exact) mass is 696 g/mol. The van der Waals surface area contributed by atoms with E-state index in [1.807, 2.05) is 0 Å². The Morgan fingerprint density at radius 1 is 0.553 bits per heavy atom. The summed E-state index contributed by atoms with van der Waals surface area (Å²) in [5.74, 6) is -6.37. The van der Waals surface area contributed by atoms with Gasteiger partial charge in [-0.25, -0.2) is 9.59 Å². The maximum absolute atomic E-state index is 12.0. The van der Waals surface area contributed by atoms with E-state index in [1.165, 1.54) is 0 Å². The third kappa shape index (κ3) is 10.5. The summed E-state index contributed by atoms with van der Waals surface area (Å²) < 4.78 is 12.2. The number of ether oxygens (including phenoxy) is 2. The molecule has 6 N–H and O–H groups in total. The predicted octanol–water partition coefficient (Wildman–Crippen LogP) is 4.67. The van der Waals surface area contributed by atoms with E-state index in [1.54, 1.807) is 0 Å². The molecule has 2 heterocycles. The van der Waals surface area contributed by atoms with E-state index in [0.717, 1.165) is 12.8 Å². The number of carboxylic acid groups (broad SMARTS) is 4. The Labute approximate surface area is 312 Å². The summed E-state index contributed by atoms with van der Waals surface area (Å²) >= 11 is 0. The maximum atomic E-state index is 12.0. The third-order valence-corrected chi connectivity index (χ3v) is 10.1. The summed E-state index contributed by atoms with van der Waals surface area (Å²) in [6.45, 7) is 16.5. The first-order chi connectivity index (χ1) is 20.9. The van der Waals surface area contributed by atoms with Crippen LogP contribution in [0, 0.1) is 11.8 Å². The van der Waals surface area contributed by atoms with Crippen LogP contribution in [0.3, 0.4) is 0 Å². The van der Waals surface area contributed by atoms with E-state index in [9.17, 15) is 39.6 Å². The van der Waals surface area contributed by atoms with Crippen molar-refractivity contribution in [2.24, 2.45) is 11.8 Å². The van der Waals surface area contributed by atoms with Gasteiger partial charge in [-0.3, -0.25) is 9.59 Å². The van der Waals surface area contributed by atoms with Crippen LogP contribution < -0.4 is 10.6 Å². The molecular weight excluding hydrogens is 636 g/mol. The Balaban J connectivity index is 0.000000886. The van der Waals surface area contributed by atoms with E-state index in [0.29, 0.717) is 51.4 Å². The Morgan fingerprint density at radius 2 is 0.830 bits per heavy atom. The average molecular weight is 697 g/mol. The van der Waals surface area contributed by atoms with Crippen LogP contribution in [-0.2, 0) is 28.7 Å². The predicted molar refractivity (Wildman–Crippen MR) is 179 cm³/mol. The maximum Gasteiger partial charge on any atom is 2.00 e. The van der Waals surface area contributed by atoms with Gasteiger partial charge in [0.25, 0.3) is 0 Å². The van der Waals surface area contributed by atoms with E-state index in [4.69, 9.17) is 9.47 Å². The zero-order valence-electron chi connectivity index (χ0n) is 31.7. The fraction of sp³-hybridized carbons (Fsp3) is 0.882. The van der Waals surface area contributed by atoms with Crippen LogP contribution in [0.2, 0.25) is 0 Å². The Morgan fingerprint density at radius 3 is 1.06 bits per heavy atom. The molecule has 13 heteroatoms. The van der Waals surface area contributed by atoms with Gasteiger partial charge in [0.1, 0.15) is 0 Å². The van der Waals surface area contributed by atoms with Crippen molar-refractivity contribution < 1.29 is 51.9 Å². The van der Waals surface area contributed by atoms with Gasteiger partial charge < -0.3 is 43.4 Å². The van der Waals surface area contributed by atoms with Crippen LogP contribution in [0.1, 0.15) is 135 Å². The van der Waals surface area contributed by atoms with Crippen LogP contribution >= 0.6 is 0 Å². The van der Waals surface area contributed by atoms with Crippen molar-refractivity contribution in [3.63, 3.8) is 0 Å². The van der Waals surface area contributed by atoms with Crippen LogP contribution in [0.5, 0.6) is 0 Å². The molecule has 0 bridgehead atoms. The Hall–Kier alpha value is -1.02.